The molecule has 1 heterocycles. The van der Waals surface area contributed by atoms with Gasteiger partial charge in [0, 0.05) is 18.0 Å². The normalized spacial score (nSPS) is 8.94. The lowest BCUT2D eigenvalue weighted by Crippen LogP contribution is -1.93. The Morgan fingerprint density at radius 3 is 2.25 bits per heavy atom. The Balaban J connectivity index is 0.000000509. The second kappa shape index (κ2) is 6.99. The Morgan fingerprint density at radius 2 is 1.69 bits per heavy atom. The monoisotopic (exact) mass is 224 g/mol. The molecule has 0 atom stereocenters. The van der Waals surface area contributed by atoms with Gasteiger partial charge in [-0.1, -0.05) is 27.7 Å². The van der Waals surface area contributed by atoms with Crippen molar-refractivity contribution in [2.75, 3.05) is 0 Å². The van der Waals surface area contributed by atoms with Crippen LogP contribution < -0.4 is 0 Å². The minimum Gasteiger partial charge on any atom is -0.268 e. The van der Waals surface area contributed by atoms with E-state index in [1.807, 2.05) is 34.7 Å². The number of hydrogen-bond donors (Lipinski definition) is 0. The number of aryl methyl sites for hydroxylation is 2. The summed E-state index contributed by atoms with van der Waals surface area (Å²) in [5, 5.41) is 5.03. The van der Waals surface area contributed by atoms with Gasteiger partial charge in [-0.25, -0.2) is 4.39 Å². The lowest BCUT2D eigenvalue weighted by atomic mass is 10.1. The SMILES string of the molecule is CC.CC.Cc1c(F)ccc2cnn(C)c12. The van der Waals surface area contributed by atoms with E-state index in [0.717, 1.165) is 10.9 Å². The molecule has 0 saturated heterocycles. The summed E-state index contributed by atoms with van der Waals surface area (Å²) in [5.41, 5.74) is 1.53. The number of hydrogen-bond acceptors (Lipinski definition) is 1. The van der Waals surface area contributed by atoms with E-state index in [1.165, 1.54) is 6.07 Å². The van der Waals surface area contributed by atoms with Crippen molar-refractivity contribution in [3.8, 4) is 0 Å². The van der Waals surface area contributed by atoms with Crippen molar-refractivity contribution < 1.29 is 4.39 Å². The minimum absolute atomic E-state index is 0.175. The molecule has 0 aliphatic rings. The van der Waals surface area contributed by atoms with Crippen molar-refractivity contribution in [3.63, 3.8) is 0 Å². The molecule has 3 heteroatoms. The fourth-order valence-corrected chi connectivity index (χ4v) is 1.44. The molecule has 0 unspecified atom stereocenters. The highest BCUT2D eigenvalue weighted by atomic mass is 19.1. The summed E-state index contributed by atoms with van der Waals surface area (Å²) < 4.78 is 14.8. The van der Waals surface area contributed by atoms with Crippen molar-refractivity contribution in [2.45, 2.75) is 34.6 Å². The Hall–Kier alpha value is -1.38. The zero-order chi connectivity index (χ0) is 12.7. The molecular formula is C13H21FN2. The zero-order valence-corrected chi connectivity index (χ0v) is 11.0. The van der Waals surface area contributed by atoms with Gasteiger partial charge in [0.05, 0.1) is 11.7 Å². The first-order chi connectivity index (χ1) is 7.70. The Bertz CT molecular complexity index is 433. The van der Waals surface area contributed by atoms with Gasteiger partial charge in [-0.3, -0.25) is 4.68 Å². The maximum atomic E-state index is 13.1. The maximum absolute atomic E-state index is 13.1. The van der Waals surface area contributed by atoms with Crippen LogP contribution in [-0.2, 0) is 7.05 Å². The number of rotatable bonds is 0. The van der Waals surface area contributed by atoms with Gasteiger partial charge in [0.25, 0.3) is 0 Å². The van der Waals surface area contributed by atoms with Crippen LogP contribution in [-0.4, -0.2) is 9.78 Å². The standard InChI is InChI=1S/C9H9FN2.2C2H6/c1-6-8(10)4-3-7-5-11-12(2)9(6)7;2*1-2/h3-5H,1-2H3;2*1-2H3. The molecule has 2 aromatic rings. The van der Waals surface area contributed by atoms with E-state index in [4.69, 9.17) is 0 Å². The summed E-state index contributed by atoms with van der Waals surface area (Å²) in [6.07, 6.45) is 1.74. The second-order valence-corrected chi connectivity index (χ2v) is 2.88. The molecular weight excluding hydrogens is 203 g/mol. The van der Waals surface area contributed by atoms with Gasteiger partial charge in [0.2, 0.25) is 0 Å². The van der Waals surface area contributed by atoms with E-state index in [9.17, 15) is 4.39 Å². The summed E-state index contributed by atoms with van der Waals surface area (Å²) in [7, 11) is 1.81. The third-order valence-corrected chi connectivity index (χ3v) is 2.09. The highest BCUT2D eigenvalue weighted by molar-refractivity contribution is 5.81. The molecule has 0 fully saturated rings. The summed E-state index contributed by atoms with van der Waals surface area (Å²) in [6.45, 7) is 9.76. The third kappa shape index (κ3) is 2.81. The lowest BCUT2D eigenvalue weighted by Gasteiger charge is -1.99. The molecule has 2 rings (SSSR count). The van der Waals surface area contributed by atoms with Crippen molar-refractivity contribution in [2.24, 2.45) is 7.05 Å². The largest absolute Gasteiger partial charge is 0.268 e. The molecule has 0 aliphatic carbocycles. The van der Waals surface area contributed by atoms with Crippen molar-refractivity contribution in [1.29, 1.82) is 0 Å². The van der Waals surface area contributed by atoms with Crippen LogP contribution in [0.3, 0.4) is 0 Å². The van der Waals surface area contributed by atoms with E-state index in [-0.39, 0.29) is 5.82 Å². The minimum atomic E-state index is -0.175. The smallest absolute Gasteiger partial charge is 0.128 e. The second-order valence-electron chi connectivity index (χ2n) is 2.88. The average Bonchev–Trinajstić information content (AvgIpc) is 2.72. The number of halogens is 1. The van der Waals surface area contributed by atoms with Crippen LogP contribution in [0.5, 0.6) is 0 Å². The van der Waals surface area contributed by atoms with E-state index in [0.29, 0.717) is 5.56 Å². The quantitative estimate of drug-likeness (QED) is 0.659. The fraction of sp³-hybridized carbons (Fsp3) is 0.462. The van der Waals surface area contributed by atoms with Gasteiger partial charge in [0.1, 0.15) is 5.82 Å². The number of aromatic nitrogens is 2. The van der Waals surface area contributed by atoms with Gasteiger partial charge >= 0.3 is 0 Å². The molecule has 0 amide bonds. The van der Waals surface area contributed by atoms with Crippen molar-refractivity contribution >= 4 is 10.9 Å². The average molecular weight is 224 g/mol. The van der Waals surface area contributed by atoms with Gasteiger partial charge in [-0.05, 0) is 19.1 Å². The predicted octanol–water partition coefficient (Wildman–Crippen LogP) is 4.07. The highest BCUT2D eigenvalue weighted by Crippen LogP contribution is 2.19. The lowest BCUT2D eigenvalue weighted by molar-refractivity contribution is 0.619. The number of benzene rings is 1. The number of fused-ring (bicyclic) bond motifs is 1. The first-order valence-electron chi connectivity index (χ1n) is 5.77. The van der Waals surface area contributed by atoms with Gasteiger partial charge in [-0.15, -0.1) is 0 Å². The first kappa shape index (κ1) is 14.6. The molecule has 1 aromatic carbocycles. The molecule has 0 radical (unpaired) electrons. The summed E-state index contributed by atoms with van der Waals surface area (Å²) in [6, 6.07) is 3.21. The summed E-state index contributed by atoms with van der Waals surface area (Å²) >= 11 is 0. The molecule has 1 aromatic heterocycles. The van der Waals surface area contributed by atoms with Crippen LogP contribution >= 0.6 is 0 Å². The number of nitrogens with zero attached hydrogens (tertiary/aromatic N) is 2. The van der Waals surface area contributed by atoms with E-state index < -0.39 is 0 Å². The molecule has 0 spiro atoms. The van der Waals surface area contributed by atoms with Crippen LogP contribution in [0, 0.1) is 12.7 Å². The molecule has 0 saturated carbocycles. The van der Waals surface area contributed by atoms with Crippen molar-refractivity contribution in [3.05, 3.63) is 29.7 Å². The van der Waals surface area contributed by atoms with E-state index >= 15 is 0 Å². The molecule has 0 bridgehead atoms. The van der Waals surface area contributed by atoms with Crippen LogP contribution in [0.1, 0.15) is 33.3 Å². The molecule has 90 valence electrons. The van der Waals surface area contributed by atoms with Crippen molar-refractivity contribution in [1.82, 2.24) is 9.78 Å². The maximum Gasteiger partial charge on any atom is 0.128 e. The van der Waals surface area contributed by atoms with Gasteiger partial charge in [0.15, 0.2) is 0 Å². The van der Waals surface area contributed by atoms with Gasteiger partial charge < -0.3 is 0 Å². The van der Waals surface area contributed by atoms with E-state index in [1.54, 1.807) is 23.9 Å². The molecule has 16 heavy (non-hydrogen) atoms. The zero-order valence-electron chi connectivity index (χ0n) is 11.0. The van der Waals surface area contributed by atoms with Crippen LogP contribution in [0.4, 0.5) is 4.39 Å². The van der Waals surface area contributed by atoms with Crippen LogP contribution in [0.15, 0.2) is 18.3 Å². The van der Waals surface area contributed by atoms with Gasteiger partial charge in [-0.2, -0.15) is 5.10 Å². The molecule has 2 nitrogen and oxygen atoms in total. The Kier molecular flexibility index (Phi) is 6.38. The first-order valence-corrected chi connectivity index (χ1v) is 5.77. The van der Waals surface area contributed by atoms with Crippen LogP contribution in [0.2, 0.25) is 0 Å². The van der Waals surface area contributed by atoms with E-state index in [2.05, 4.69) is 5.10 Å². The predicted molar refractivity (Wildman–Crippen MR) is 68.1 cm³/mol. The fourth-order valence-electron chi connectivity index (χ4n) is 1.44. The highest BCUT2D eigenvalue weighted by Gasteiger charge is 2.05. The summed E-state index contributed by atoms with van der Waals surface area (Å²) in [4.78, 5) is 0. The Morgan fingerprint density at radius 1 is 1.12 bits per heavy atom. The molecule has 0 aliphatic heterocycles. The molecule has 0 N–H and O–H groups in total. The summed E-state index contributed by atoms with van der Waals surface area (Å²) in [5.74, 6) is -0.175. The third-order valence-electron chi connectivity index (χ3n) is 2.09. The van der Waals surface area contributed by atoms with Crippen LogP contribution in [0.25, 0.3) is 10.9 Å². The topological polar surface area (TPSA) is 17.8 Å². The Labute approximate surface area is 97.1 Å².